The van der Waals surface area contributed by atoms with Gasteiger partial charge in [0, 0.05) is 16.7 Å². The summed E-state index contributed by atoms with van der Waals surface area (Å²) in [4.78, 5) is 15.9. The average molecular weight is 433 g/mol. The fourth-order valence-electron chi connectivity index (χ4n) is 4.25. The predicted octanol–water partition coefficient (Wildman–Crippen LogP) is 7.31. The van der Waals surface area contributed by atoms with Gasteiger partial charge in [-0.25, -0.2) is 0 Å². The highest BCUT2D eigenvalue weighted by molar-refractivity contribution is 6.28. The molecule has 5 aromatic rings. The van der Waals surface area contributed by atoms with Crippen LogP contribution < -0.4 is 4.90 Å². The molecular weight excluding hydrogens is 416 g/mol. The minimum Gasteiger partial charge on any atom is -0.278 e. The van der Waals surface area contributed by atoms with E-state index in [1.807, 2.05) is 42.5 Å². The molecule has 1 aromatic heterocycles. The number of hydrogen-bond acceptors (Lipinski definition) is 4. The number of benzene rings is 4. The third-order valence-electron chi connectivity index (χ3n) is 5.63. The Hall–Kier alpha value is -4.02. The van der Waals surface area contributed by atoms with Gasteiger partial charge < -0.3 is 0 Å². The summed E-state index contributed by atoms with van der Waals surface area (Å²) in [5, 5.41) is 0.158. The summed E-state index contributed by atoms with van der Waals surface area (Å²) in [5.41, 5.74) is 7.42. The highest BCUT2D eigenvalue weighted by atomic mass is 35.5. The molecule has 1 aliphatic heterocycles. The quantitative estimate of drug-likeness (QED) is 0.287. The molecule has 0 N–H and O–H groups in total. The summed E-state index contributed by atoms with van der Waals surface area (Å²) in [7, 11) is 0. The lowest BCUT2D eigenvalue weighted by atomic mass is 9.95. The molecule has 0 spiro atoms. The van der Waals surface area contributed by atoms with Crippen LogP contribution in [0.4, 0.5) is 17.3 Å². The molecule has 0 bridgehead atoms. The monoisotopic (exact) mass is 432 g/mol. The Morgan fingerprint density at radius 3 is 1.59 bits per heavy atom. The van der Waals surface area contributed by atoms with Gasteiger partial charge in [-0.15, -0.1) is 0 Å². The standard InChI is InChI=1S/C27H17ClN4/c28-26-29-25(18-10-2-1-3-11-18)30-27(31-26)32-23-16-8-6-14-21(23)19-12-4-5-13-20(19)22-15-7-9-17-24(22)32/h1-17H. The molecule has 0 saturated heterocycles. The third kappa shape index (κ3) is 3.04. The van der Waals surface area contributed by atoms with Crippen molar-refractivity contribution in [1.82, 2.24) is 15.0 Å². The number of para-hydroxylation sites is 2. The van der Waals surface area contributed by atoms with Crippen molar-refractivity contribution < 1.29 is 0 Å². The molecule has 0 saturated carbocycles. The highest BCUT2D eigenvalue weighted by Gasteiger charge is 2.27. The van der Waals surface area contributed by atoms with Gasteiger partial charge in [0.05, 0.1) is 11.4 Å². The van der Waals surface area contributed by atoms with Crippen molar-refractivity contribution in [3.8, 4) is 33.6 Å². The first kappa shape index (κ1) is 18.7. The first-order chi connectivity index (χ1) is 15.8. The largest absolute Gasteiger partial charge is 0.278 e. The van der Waals surface area contributed by atoms with Crippen LogP contribution in [0.25, 0.3) is 33.6 Å². The summed E-state index contributed by atoms with van der Waals surface area (Å²) >= 11 is 6.41. The fraction of sp³-hybridized carbons (Fsp3) is 0. The van der Waals surface area contributed by atoms with Gasteiger partial charge in [0.1, 0.15) is 0 Å². The molecule has 0 radical (unpaired) electrons. The predicted molar refractivity (Wildman–Crippen MR) is 129 cm³/mol. The Morgan fingerprint density at radius 1 is 0.500 bits per heavy atom. The van der Waals surface area contributed by atoms with E-state index < -0.39 is 0 Å². The fourth-order valence-corrected chi connectivity index (χ4v) is 4.40. The van der Waals surface area contributed by atoms with Crippen LogP contribution in [-0.4, -0.2) is 15.0 Å². The topological polar surface area (TPSA) is 41.9 Å². The van der Waals surface area contributed by atoms with Gasteiger partial charge in [-0.3, -0.25) is 4.90 Å². The Labute approximate surface area is 190 Å². The zero-order valence-corrected chi connectivity index (χ0v) is 17.7. The van der Waals surface area contributed by atoms with Crippen molar-refractivity contribution in [1.29, 1.82) is 0 Å². The molecule has 1 aliphatic rings. The molecule has 4 nitrogen and oxygen atoms in total. The van der Waals surface area contributed by atoms with E-state index in [1.54, 1.807) is 0 Å². The third-order valence-corrected chi connectivity index (χ3v) is 5.79. The lowest BCUT2D eigenvalue weighted by Gasteiger charge is -2.25. The minimum atomic E-state index is 0.158. The smallest absolute Gasteiger partial charge is 0.239 e. The summed E-state index contributed by atoms with van der Waals surface area (Å²) < 4.78 is 0. The second-order valence-electron chi connectivity index (χ2n) is 7.51. The molecule has 0 amide bonds. The molecule has 5 heteroatoms. The lowest BCUT2D eigenvalue weighted by molar-refractivity contribution is 1.02. The SMILES string of the molecule is Clc1nc(-c2ccccc2)nc(N2c3ccccc3-c3ccccc3-c3ccccc32)n1. The van der Waals surface area contributed by atoms with Gasteiger partial charge in [0.25, 0.3) is 0 Å². The van der Waals surface area contributed by atoms with Crippen molar-refractivity contribution in [2.45, 2.75) is 0 Å². The second-order valence-corrected chi connectivity index (χ2v) is 7.85. The number of rotatable bonds is 2. The number of fused-ring (bicyclic) bond motifs is 5. The summed E-state index contributed by atoms with van der Waals surface area (Å²) in [6.45, 7) is 0. The van der Waals surface area contributed by atoms with E-state index in [9.17, 15) is 0 Å². The summed E-state index contributed by atoms with van der Waals surface area (Å²) in [6.07, 6.45) is 0. The van der Waals surface area contributed by atoms with E-state index >= 15 is 0 Å². The van der Waals surface area contributed by atoms with Crippen LogP contribution >= 0.6 is 11.6 Å². The Bertz CT molecular complexity index is 1380. The van der Waals surface area contributed by atoms with Crippen molar-refractivity contribution in [2.75, 3.05) is 4.90 Å². The highest BCUT2D eigenvalue weighted by Crippen LogP contribution is 2.49. The van der Waals surface area contributed by atoms with E-state index in [0.29, 0.717) is 11.8 Å². The van der Waals surface area contributed by atoms with E-state index in [1.165, 1.54) is 11.1 Å². The van der Waals surface area contributed by atoms with E-state index in [0.717, 1.165) is 28.1 Å². The maximum absolute atomic E-state index is 6.41. The van der Waals surface area contributed by atoms with Crippen molar-refractivity contribution in [3.05, 3.63) is 108 Å². The molecule has 32 heavy (non-hydrogen) atoms. The van der Waals surface area contributed by atoms with Gasteiger partial charge in [0.15, 0.2) is 5.82 Å². The molecule has 0 unspecified atom stereocenters. The van der Waals surface area contributed by atoms with E-state index in [2.05, 4.69) is 75.5 Å². The Morgan fingerprint density at radius 2 is 1.00 bits per heavy atom. The van der Waals surface area contributed by atoms with Crippen LogP contribution in [0.15, 0.2) is 103 Å². The summed E-state index contributed by atoms with van der Waals surface area (Å²) in [5.74, 6) is 1.02. The number of aromatic nitrogens is 3. The van der Waals surface area contributed by atoms with E-state index in [4.69, 9.17) is 16.6 Å². The maximum Gasteiger partial charge on any atom is 0.239 e. The number of hydrogen-bond donors (Lipinski definition) is 0. The first-order valence-corrected chi connectivity index (χ1v) is 10.7. The second kappa shape index (κ2) is 7.59. The molecule has 4 aromatic carbocycles. The van der Waals surface area contributed by atoms with Crippen molar-refractivity contribution in [2.24, 2.45) is 0 Å². The van der Waals surface area contributed by atoms with Gasteiger partial charge in [-0.2, -0.15) is 15.0 Å². The van der Waals surface area contributed by atoms with Crippen LogP contribution in [0, 0.1) is 0 Å². The minimum absolute atomic E-state index is 0.158. The Balaban J connectivity index is 1.66. The molecular formula is C27H17ClN4. The van der Waals surface area contributed by atoms with Gasteiger partial charge in [-0.1, -0.05) is 91.0 Å². The van der Waals surface area contributed by atoms with E-state index in [-0.39, 0.29) is 5.28 Å². The number of nitrogens with zero attached hydrogens (tertiary/aromatic N) is 4. The zero-order valence-electron chi connectivity index (χ0n) is 17.0. The molecule has 152 valence electrons. The van der Waals surface area contributed by atoms with Crippen molar-refractivity contribution >= 4 is 28.9 Å². The van der Waals surface area contributed by atoms with Crippen LogP contribution in [0.5, 0.6) is 0 Å². The molecule has 2 heterocycles. The van der Waals surface area contributed by atoms with Gasteiger partial charge in [-0.05, 0) is 34.9 Å². The van der Waals surface area contributed by atoms with Crippen LogP contribution in [0.1, 0.15) is 0 Å². The maximum atomic E-state index is 6.41. The lowest BCUT2D eigenvalue weighted by Crippen LogP contribution is -2.15. The van der Waals surface area contributed by atoms with Crippen LogP contribution in [0.3, 0.4) is 0 Å². The molecule has 6 rings (SSSR count). The normalized spacial score (nSPS) is 11.8. The Kier molecular flexibility index (Phi) is 4.44. The van der Waals surface area contributed by atoms with Gasteiger partial charge in [0.2, 0.25) is 11.2 Å². The molecule has 0 fully saturated rings. The number of halogens is 1. The first-order valence-electron chi connectivity index (χ1n) is 10.3. The average Bonchev–Trinajstić information content (AvgIpc) is 2.97. The van der Waals surface area contributed by atoms with Crippen LogP contribution in [-0.2, 0) is 0 Å². The van der Waals surface area contributed by atoms with Gasteiger partial charge >= 0.3 is 0 Å². The van der Waals surface area contributed by atoms with Crippen molar-refractivity contribution in [3.63, 3.8) is 0 Å². The molecule has 0 aliphatic carbocycles. The van der Waals surface area contributed by atoms with Crippen LogP contribution in [0.2, 0.25) is 5.28 Å². The molecule has 0 atom stereocenters. The number of anilines is 3. The summed E-state index contributed by atoms with van der Waals surface area (Å²) in [6, 6.07) is 34.9. The zero-order chi connectivity index (χ0) is 21.5.